The van der Waals surface area contributed by atoms with Crippen LogP contribution in [0.4, 0.5) is 4.39 Å². The lowest BCUT2D eigenvalue weighted by atomic mass is 9.89. The molecule has 0 aromatic heterocycles. The molecule has 2 atom stereocenters. The molecule has 19 heavy (non-hydrogen) atoms. The Morgan fingerprint density at radius 3 is 2.58 bits per heavy atom. The van der Waals surface area contributed by atoms with E-state index in [2.05, 4.69) is 19.3 Å². The van der Waals surface area contributed by atoms with E-state index in [0.29, 0.717) is 11.5 Å². The van der Waals surface area contributed by atoms with E-state index in [-0.39, 0.29) is 11.9 Å². The number of unbranched alkanes of at least 4 members (excludes halogenated alkanes) is 1. The van der Waals surface area contributed by atoms with Gasteiger partial charge in [0.1, 0.15) is 5.82 Å². The second kappa shape index (κ2) is 8.28. The molecule has 2 nitrogen and oxygen atoms in total. The van der Waals surface area contributed by atoms with Gasteiger partial charge in [-0.05, 0) is 30.9 Å². The first-order valence-electron chi connectivity index (χ1n) is 7.34. The van der Waals surface area contributed by atoms with Crippen LogP contribution in [0.2, 0.25) is 0 Å². The van der Waals surface area contributed by atoms with E-state index < -0.39 is 0 Å². The third kappa shape index (κ3) is 4.92. The minimum atomic E-state index is -0.159. The van der Waals surface area contributed by atoms with E-state index in [9.17, 15) is 4.39 Å². The highest BCUT2D eigenvalue weighted by Gasteiger charge is 2.18. The normalized spacial score (nSPS) is 14.4. The molecule has 108 valence electrons. The lowest BCUT2D eigenvalue weighted by Gasteiger charge is -2.23. The minimum absolute atomic E-state index is 0.0950. The van der Waals surface area contributed by atoms with Crippen LogP contribution in [0.15, 0.2) is 18.2 Å². The summed E-state index contributed by atoms with van der Waals surface area (Å²) < 4.78 is 14.0. The largest absolute Gasteiger partial charge is 0.271 e. The number of rotatable bonds is 8. The molecule has 3 heteroatoms. The van der Waals surface area contributed by atoms with Crippen molar-refractivity contribution in [2.24, 2.45) is 11.8 Å². The van der Waals surface area contributed by atoms with Crippen LogP contribution < -0.4 is 11.3 Å². The number of nitrogens with one attached hydrogen (secondary N) is 1. The van der Waals surface area contributed by atoms with Crippen molar-refractivity contribution in [3.8, 4) is 0 Å². The van der Waals surface area contributed by atoms with E-state index in [1.54, 1.807) is 6.07 Å². The Kier molecular flexibility index (Phi) is 7.03. The van der Waals surface area contributed by atoms with Crippen molar-refractivity contribution >= 4 is 0 Å². The van der Waals surface area contributed by atoms with Crippen LogP contribution in [0.1, 0.15) is 63.1 Å². The van der Waals surface area contributed by atoms with Gasteiger partial charge in [0.2, 0.25) is 0 Å². The molecule has 0 heterocycles. The Hall–Kier alpha value is -0.930. The summed E-state index contributed by atoms with van der Waals surface area (Å²) in [5.74, 6) is 6.07. The fraction of sp³-hybridized carbons (Fsp3) is 0.625. The predicted octanol–water partition coefficient (Wildman–Crippen LogP) is 4.25. The third-order valence-electron chi connectivity index (χ3n) is 3.84. The molecule has 2 unspecified atom stereocenters. The Morgan fingerprint density at radius 2 is 2.05 bits per heavy atom. The Bertz CT molecular complexity index is 379. The van der Waals surface area contributed by atoms with Gasteiger partial charge in [-0.1, -0.05) is 51.7 Å². The zero-order valence-corrected chi connectivity index (χ0v) is 12.4. The van der Waals surface area contributed by atoms with Crippen LogP contribution in [-0.2, 0) is 0 Å². The molecular weight excluding hydrogens is 239 g/mol. The van der Waals surface area contributed by atoms with Gasteiger partial charge in [-0.25, -0.2) is 4.39 Å². The van der Waals surface area contributed by atoms with Crippen molar-refractivity contribution < 1.29 is 4.39 Å². The average Bonchev–Trinajstić information content (AvgIpc) is 2.40. The topological polar surface area (TPSA) is 38.0 Å². The second-order valence-corrected chi connectivity index (χ2v) is 5.40. The molecule has 0 aliphatic rings. The summed E-state index contributed by atoms with van der Waals surface area (Å²) in [6, 6.07) is 5.27. The number of hydrogen-bond donors (Lipinski definition) is 2. The molecule has 0 spiro atoms. The number of nitrogens with two attached hydrogens (primary N) is 1. The molecule has 0 fully saturated rings. The summed E-state index contributed by atoms with van der Waals surface area (Å²) in [4.78, 5) is 0. The average molecular weight is 266 g/mol. The molecule has 0 aliphatic heterocycles. The van der Waals surface area contributed by atoms with Crippen molar-refractivity contribution in [2.75, 3.05) is 0 Å². The molecule has 0 radical (unpaired) electrons. The first-order chi connectivity index (χ1) is 9.12. The van der Waals surface area contributed by atoms with E-state index >= 15 is 0 Å². The smallest absolute Gasteiger partial charge is 0.128 e. The molecule has 0 saturated carbocycles. The van der Waals surface area contributed by atoms with Gasteiger partial charge < -0.3 is 0 Å². The highest BCUT2D eigenvalue weighted by atomic mass is 19.1. The van der Waals surface area contributed by atoms with Crippen LogP contribution >= 0.6 is 0 Å². The highest BCUT2D eigenvalue weighted by Crippen LogP contribution is 2.28. The lowest BCUT2D eigenvalue weighted by molar-refractivity contribution is 0.350. The maximum absolute atomic E-state index is 14.0. The number of benzene rings is 1. The van der Waals surface area contributed by atoms with E-state index in [1.165, 1.54) is 19.3 Å². The monoisotopic (exact) mass is 266 g/mol. The zero-order chi connectivity index (χ0) is 14.3. The quantitative estimate of drug-likeness (QED) is 0.545. The third-order valence-corrected chi connectivity index (χ3v) is 3.84. The number of hydrazine groups is 1. The van der Waals surface area contributed by atoms with Gasteiger partial charge in [0.15, 0.2) is 0 Å². The van der Waals surface area contributed by atoms with Crippen LogP contribution in [0.5, 0.6) is 0 Å². The first kappa shape index (κ1) is 16.1. The molecule has 0 bridgehead atoms. The van der Waals surface area contributed by atoms with Crippen molar-refractivity contribution in [2.45, 2.75) is 58.9 Å². The summed E-state index contributed by atoms with van der Waals surface area (Å²) in [7, 11) is 0. The molecule has 1 rings (SSSR count). The maximum Gasteiger partial charge on any atom is 0.128 e. The van der Waals surface area contributed by atoms with Gasteiger partial charge in [-0.15, -0.1) is 0 Å². The summed E-state index contributed by atoms with van der Waals surface area (Å²) in [6.45, 7) is 6.29. The highest BCUT2D eigenvalue weighted by molar-refractivity contribution is 5.26. The van der Waals surface area contributed by atoms with Gasteiger partial charge >= 0.3 is 0 Å². The molecule has 0 saturated heterocycles. The molecular formula is C16H27FN2. The summed E-state index contributed by atoms with van der Waals surface area (Å²) in [6.07, 6.45) is 5.64. The van der Waals surface area contributed by atoms with Gasteiger partial charge in [0, 0.05) is 11.6 Å². The van der Waals surface area contributed by atoms with Gasteiger partial charge in [-0.3, -0.25) is 11.3 Å². The number of halogens is 1. The molecule has 1 aromatic carbocycles. The van der Waals surface area contributed by atoms with Crippen molar-refractivity contribution in [1.82, 2.24) is 5.43 Å². The molecule has 3 N–H and O–H groups in total. The van der Waals surface area contributed by atoms with Gasteiger partial charge in [0.25, 0.3) is 0 Å². The Balaban J connectivity index is 2.76. The number of hydrogen-bond acceptors (Lipinski definition) is 2. The second-order valence-electron chi connectivity index (χ2n) is 5.40. The zero-order valence-electron chi connectivity index (χ0n) is 12.4. The van der Waals surface area contributed by atoms with Crippen molar-refractivity contribution in [3.63, 3.8) is 0 Å². The predicted molar refractivity (Wildman–Crippen MR) is 79.1 cm³/mol. The fourth-order valence-electron chi connectivity index (χ4n) is 2.51. The SMILES string of the molecule is CCCCC(CC)CC(NN)c1ccc(C)cc1F. The van der Waals surface area contributed by atoms with Crippen molar-refractivity contribution in [3.05, 3.63) is 35.1 Å². The van der Waals surface area contributed by atoms with Crippen LogP contribution in [-0.4, -0.2) is 0 Å². The standard InChI is InChI=1S/C16H27FN2/c1-4-6-7-13(5-2)11-16(19-18)14-9-8-12(3)10-15(14)17/h8-10,13,16,19H,4-7,11,18H2,1-3H3. The fourth-order valence-corrected chi connectivity index (χ4v) is 2.51. The minimum Gasteiger partial charge on any atom is -0.271 e. The maximum atomic E-state index is 14.0. The van der Waals surface area contributed by atoms with Crippen LogP contribution in [0.25, 0.3) is 0 Å². The number of aryl methyl sites for hydroxylation is 1. The van der Waals surface area contributed by atoms with Gasteiger partial charge in [-0.2, -0.15) is 0 Å². The molecule has 0 amide bonds. The molecule has 1 aromatic rings. The Morgan fingerprint density at radius 1 is 1.32 bits per heavy atom. The van der Waals surface area contributed by atoms with E-state index in [0.717, 1.165) is 18.4 Å². The van der Waals surface area contributed by atoms with Crippen molar-refractivity contribution in [1.29, 1.82) is 0 Å². The van der Waals surface area contributed by atoms with E-state index in [1.807, 2.05) is 19.1 Å². The van der Waals surface area contributed by atoms with Crippen LogP contribution in [0, 0.1) is 18.7 Å². The summed E-state index contributed by atoms with van der Waals surface area (Å²) in [5, 5.41) is 0. The summed E-state index contributed by atoms with van der Waals surface area (Å²) in [5.41, 5.74) is 4.40. The lowest BCUT2D eigenvalue weighted by Crippen LogP contribution is -2.30. The van der Waals surface area contributed by atoms with E-state index in [4.69, 9.17) is 5.84 Å². The van der Waals surface area contributed by atoms with Gasteiger partial charge in [0.05, 0.1) is 0 Å². The molecule has 0 aliphatic carbocycles. The van der Waals surface area contributed by atoms with Crippen LogP contribution in [0.3, 0.4) is 0 Å². The first-order valence-corrected chi connectivity index (χ1v) is 7.34. The Labute approximate surface area is 116 Å². The summed E-state index contributed by atoms with van der Waals surface area (Å²) >= 11 is 0.